The van der Waals surface area contributed by atoms with Crippen LogP contribution in [0.1, 0.15) is 36.0 Å². The molecule has 1 N–H and O–H groups in total. The van der Waals surface area contributed by atoms with Crippen LogP contribution in [0.25, 0.3) is 0 Å². The maximum Gasteiger partial charge on any atom is 0.262 e. The molecule has 3 rings (SSSR count). The molecule has 1 aromatic heterocycles. The number of para-hydroxylation sites is 1. The highest BCUT2D eigenvalue weighted by Crippen LogP contribution is 2.23. The SMILES string of the molecule is CCc1ccccc1N1CCN(C(=O)C(C)(C)NC(=O)c2cccs2)CC1. The first-order valence-corrected chi connectivity index (χ1v) is 10.3. The molecule has 1 saturated heterocycles. The molecule has 144 valence electrons. The fourth-order valence-corrected chi connectivity index (χ4v) is 4.09. The number of piperazine rings is 1. The van der Waals surface area contributed by atoms with Crippen LogP contribution in [0.2, 0.25) is 0 Å². The molecule has 1 aliphatic heterocycles. The standard InChI is InChI=1S/C21H27N3O2S/c1-4-16-8-5-6-9-17(16)23-11-13-24(14-12-23)20(26)21(2,3)22-19(25)18-10-7-15-27-18/h5-10,15H,4,11-14H2,1-3H3,(H,22,25). The van der Waals surface area contributed by atoms with E-state index in [1.807, 2.05) is 16.3 Å². The number of nitrogens with one attached hydrogen (secondary N) is 1. The van der Waals surface area contributed by atoms with Gasteiger partial charge in [-0.25, -0.2) is 0 Å². The molecule has 5 nitrogen and oxygen atoms in total. The number of carbonyl (C=O) groups is 2. The van der Waals surface area contributed by atoms with Gasteiger partial charge in [-0.15, -0.1) is 11.3 Å². The molecular weight excluding hydrogens is 358 g/mol. The number of thiophene rings is 1. The predicted octanol–water partition coefficient (Wildman–Crippen LogP) is 3.17. The van der Waals surface area contributed by atoms with E-state index >= 15 is 0 Å². The first-order chi connectivity index (χ1) is 12.9. The van der Waals surface area contributed by atoms with E-state index in [0.717, 1.165) is 19.5 Å². The minimum Gasteiger partial charge on any atom is -0.368 e. The van der Waals surface area contributed by atoms with Crippen molar-refractivity contribution in [2.24, 2.45) is 0 Å². The van der Waals surface area contributed by atoms with Gasteiger partial charge in [0.15, 0.2) is 0 Å². The highest BCUT2D eigenvalue weighted by Gasteiger charge is 2.35. The Balaban J connectivity index is 1.61. The Bertz CT molecular complexity index is 794. The van der Waals surface area contributed by atoms with Crippen molar-refractivity contribution in [2.45, 2.75) is 32.7 Å². The molecular formula is C21H27N3O2S. The lowest BCUT2D eigenvalue weighted by Gasteiger charge is -2.40. The molecule has 0 spiro atoms. The number of rotatable bonds is 5. The van der Waals surface area contributed by atoms with Gasteiger partial charge in [0.05, 0.1) is 4.88 Å². The van der Waals surface area contributed by atoms with E-state index in [1.54, 1.807) is 19.9 Å². The van der Waals surface area contributed by atoms with Gasteiger partial charge in [0.25, 0.3) is 5.91 Å². The van der Waals surface area contributed by atoms with E-state index in [2.05, 4.69) is 41.4 Å². The second kappa shape index (κ2) is 8.13. The fourth-order valence-electron chi connectivity index (χ4n) is 3.47. The van der Waals surface area contributed by atoms with Crippen LogP contribution in [-0.4, -0.2) is 48.4 Å². The second-order valence-corrected chi connectivity index (χ2v) is 8.27. The zero-order valence-corrected chi connectivity index (χ0v) is 17.0. The average Bonchev–Trinajstić information content (AvgIpc) is 3.22. The maximum atomic E-state index is 13.0. The van der Waals surface area contributed by atoms with Crippen LogP contribution in [0.15, 0.2) is 41.8 Å². The molecule has 0 saturated carbocycles. The molecule has 0 bridgehead atoms. The molecule has 0 aliphatic carbocycles. The van der Waals surface area contributed by atoms with E-state index in [0.29, 0.717) is 18.0 Å². The summed E-state index contributed by atoms with van der Waals surface area (Å²) in [4.78, 5) is 30.2. The summed E-state index contributed by atoms with van der Waals surface area (Å²) in [6.45, 7) is 8.65. The Morgan fingerprint density at radius 2 is 1.78 bits per heavy atom. The number of carbonyl (C=O) groups excluding carboxylic acids is 2. The van der Waals surface area contributed by atoms with Crippen LogP contribution in [0.4, 0.5) is 5.69 Å². The van der Waals surface area contributed by atoms with Gasteiger partial charge in [0, 0.05) is 31.9 Å². The summed E-state index contributed by atoms with van der Waals surface area (Å²) < 4.78 is 0. The van der Waals surface area contributed by atoms with E-state index < -0.39 is 5.54 Å². The van der Waals surface area contributed by atoms with Crippen molar-refractivity contribution in [1.82, 2.24) is 10.2 Å². The van der Waals surface area contributed by atoms with Crippen LogP contribution >= 0.6 is 11.3 Å². The third-order valence-electron chi connectivity index (χ3n) is 4.99. The number of hydrogen-bond donors (Lipinski definition) is 1. The Hall–Kier alpha value is -2.34. The molecule has 0 radical (unpaired) electrons. The summed E-state index contributed by atoms with van der Waals surface area (Å²) in [6.07, 6.45) is 0.997. The van der Waals surface area contributed by atoms with Crippen molar-refractivity contribution >= 4 is 28.8 Å². The lowest BCUT2D eigenvalue weighted by molar-refractivity contribution is -0.137. The molecule has 0 unspecified atom stereocenters. The van der Waals surface area contributed by atoms with Gasteiger partial charge in [-0.2, -0.15) is 0 Å². The zero-order chi connectivity index (χ0) is 19.4. The number of benzene rings is 1. The molecule has 2 heterocycles. The quantitative estimate of drug-likeness (QED) is 0.860. The van der Waals surface area contributed by atoms with Crippen LogP contribution < -0.4 is 10.2 Å². The van der Waals surface area contributed by atoms with Crippen LogP contribution in [-0.2, 0) is 11.2 Å². The van der Waals surface area contributed by atoms with Crippen molar-refractivity contribution in [1.29, 1.82) is 0 Å². The first kappa shape index (κ1) is 19.4. The van der Waals surface area contributed by atoms with E-state index in [1.165, 1.54) is 22.6 Å². The van der Waals surface area contributed by atoms with Crippen LogP contribution in [0.3, 0.4) is 0 Å². The second-order valence-electron chi connectivity index (χ2n) is 7.32. The summed E-state index contributed by atoms with van der Waals surface area (Å²) in [5.74, 6) is -0.227. The number of anilines is 1. The van der Waals surface area contributed by atoms with Gasteiger partial charge in [0.2, 0.25) is 5.91 Å². The van der Waals surface area contributed by atoms with E-state index in [9.17, 15) is 9.59 Å². The molecule has 2 aromatic rings. The fraction of sp³-hybridized carbons (Fsp3) is 0.429. The minimum atomic E-state index is -0.926. The molecule has 6 heteroatoms. The zero-order valence-electron chi connectivity index (χ0n) is 16.2. The van der Waals surface area contributed by atoms with Gasteiger partial charge in [-0.05, 0) is 43.3 Å². The Morgan fingerprint density at radius 1 is 1.07 bits per heavy atom. The van der Waals surface area contributed by atoms with E-state index in [-0.39, 0.29) is 11.8 Å². The van der Waals surface area contributed by atoms with Gasteiger partial charge < -0.3 is 15.1 Å². The van der Waals surface area contributed by atoms with Crippen molar-refractivity contribution < 1.29 is 9.59 Å². The lowest BCUT2D eigenvalue weighted by Crippen LogP contribution is -2.59. The van der Waals surface area contributed by atoms with Gasteiger partial charge in [-0.1, -0.05) is 31.2 Å². The van der Waals surface area contributed by atoms with Gasteiger partial charge >= 0.3 is 0 Å². The largest absolute Gasteiger partial charge is 0.368 e. The van der Waals surface area contributed by atoms with Gasteiger partial charge in [0.1, 0.15) is 5.54 Å². The molecule has 27 heavy (non-hydrogen) atoms. The smallest absolute Gasteiger partial charge is 0.262 e. The molecule has 1 aromatic carbocycles. The summed E-state index contributed by atoms with van der Waals surface area (Å²) in [6, 6.07) is 12.1. The number of amides is 2. The van der Waals surface area contributed by atoms with Crippen molar-refractivity contribution in [3.8, 4) is 0 Å². The maximum absolute atomic E-state index is 13.0. The minimum absolute atomic E-state index is 0.0316. The normalized spacial score (nSPS) is 14.9. The lowest BCUT2D eigenvalue weighted by atomic mass is 10.0. The monoisotopic (exact) mass is 385 g/mol. The van der Waals surface area contributed by atoms with Crippen LogP contribution in [0.5, 0.6) is 0 Å². The number of nitrogens with zero attached hydrogens (tertiary/aromatic N) is 2. The Kier molecular flexibility index (Phi) is 5.85. The topological polar surface area (TPSA) is 52.6 Å². The molecule has 1 fully saturated rings. The van der Waals surface area contributed by atoms with Crippen molar-refractivity contribution in [3.05, 3.63) is 52.2 Å². The summed E-state index contributed by atoms with van der Waals surface area (Å²) in [7, 11) is 0. The third kappa shape index (κ3) is 4.33. The highest BCUT2D eigenvalue weighted by atomic mass is 32.1. The van der Waals surface area contributed by atoms with Crippen molar-refractivity contribution in [2.75, 3.05) is 31.1 Å². The highest BCUT2D eigenvalue weighted by molar-refractivity contribution is 7.12. The Morgan fingerprint density at radius 3 is 2.41 bits per heavy atom. The predicted molar refractivity (Wildman–Crippen MR) is 110 cm³/mol. The Labute approximate surface area is 165 Å². The van der Waals surface area contributed by atoms with Gasteiger partial charge in [-0.3, -0.25) is 9.59 Å². The third-order valence-corrected chi connectivity index (χ3v) is 5.85. The van der Waals surface area contributed by atoms with Crippen LogP contribution in [0, 0.1) is 0 Å². The summed E-state index contributed by atoms with van der Waals surface area (Å²) >= 11 is 1.38. The average molecular weight is 386 g/mol. The molecule has 2 amide bonds. The number of aryl methyl sites for hydroxylation is 1. The molecule has 1 aliphatic rings. The van der Waals surface area contributed by atoms with E-state index in [4.69, 9.17) is 0 Å². The summed E-state index contributed by atoms with van der Waals surface area (Å²) in [5, 5.41) is 4.74. The summed E-state index contributed by atoms with van der Waals surface area (Å²) in [5.41, 5.74) is 1.67. The van der Waals surface area contributed by atoms with Crippen molar-refractivity contribution in [3.63, 3.8) is 0 Å². The first-order valence-electron chi connectivity index (χ1n) is 9.40. The number of hydrogen-bond acceptors (Lipinski definition) is 4. The molecule has 0 atom stereocenters.